The van der Waals surface area contributed by atoms with E-state index in [1.165, 1.54) is 6.20 Å². The summed E-state index contributed by atoms with van der Waals surface area (Å²) in [6, 6.07) is 1.34. The number of carbonyl (C=O) groups excluding carboxylic acids is 2. The van der Waals surface area contributed by atoms with Gasteiger partial charge in [0.2, 0.25) is 0 Å². The molecule has 2 aliphatic carbocycles. The number of fused-ring (bicyclic) bond motifs is 2. The van der Waals surface area contributed by atoms with Gasteiger partial charge < -0.3 is 10.4 Å². The number of hydrogen-bond donors (Lipinski definition) is 5. The van der Waals surface area contributed by atoms with Crippen LogP contribution in [-0.2, 0) is 35.2 Å². The predicted octanol–water partition coefficient (Wildman–Crippen LogP) is 1.97. The number of thiazole rings is 1. The van der Waals surface area contributed by atoms with Crippen LogP contribution >= 0.6 is 11.3 Å². The van der Waals surface area contributed by atoms with Crippen LogP contribution in [0.4, 0.5) is 10.5 Å². The van der Waals surface area contributed by atoms with Crippen LogP contribution in [-0.4, -0.2) is 26.1 Å². The molecule has 8 nitrogen and oxygen atoms in total. The van der Waals surface area contributed by atoms with Crippen molar-refractivity contribution in [3.63, 3.8) is 0 Å². The number of rotatable bonds is 4. The highest BCUT2D eigenvalue weighted by Crippen LogP contribution is 2.38. The molecule has 5 N–H and O–H groups in total. The van der Waals surface area contributed by atoms with Crippen molar-refractivity contribution in [3.8, 4) is 0 Å². The topological polar surface area (TPSA) is 134 Å². The number of hydrogen-bond acceptors (Lipinski definition) is 6. The quantitative estimate of drug-likeness (QED) is 0.467. The summed E-state index contributed by atoms with van der Waals surface area (Å²) in [6.07, 6.45) is 5.18. The lowest BCUT2D eigenvalue weighted by molar-refractivity contribution is 0.0823. The Morgan fingerprint density at radius 2 is 2.03 bits per heavy atom. The van der Waals surface area contributed by atoms with Crippen molar-refractivity contribution in [1.29, 1.82) is 0 Å². The lowest BCUT2D eigenvalue weighted by Gasteiger charge is -2.20. The zero-order chi connectivity index (χ0) is 21.0. The van der Waals surface area contributed by atoms with Crippen molar-refractivity contribution in [2.45, 2.75) is 55.9 Å². The number of thiol groups is 1. The maximum Gasteiger partial charge on any atom is 0.330 e. The second-order valence-corrected chi connectivity index (χ2v) is 11.3. The van der Waals surface area contributed by atoms with E-state index in [9.17, 15) is 18.9 Å². The molecule has 2 aromatic rings. The number of aromatic nitrogens is 1. The minimum Gasteiger partial charge on any atom is -0.385 e. The van der Waals surface area contributed by atoms with Gasteiger partial charge >= 0.3 is 6.03 Å². The third-order valence-corrected chi connectivity index (χ3v) is 8.69. The number of carbonyl (C=O) groups is 2. The molecule has 0 saturated carbocycles. The molecule has 0 aliphatic heterocycles. The van der Waals surface area contributed by atoms with Crippen molar-refractivity contribution >= 4 is 39.1 Å². The molecule has 1 aromatic heterocycles. The second-order valence-electron chi connectivity index (χ2n) is 7.99. The van der Waals surface area contributed by atoms with Crippen molar-refractivity contribution in [1.82, 2.24) is 9.71 Å². The number of benzene rings is 1. The van der Waals surface area contributed by atoms with Gasteiger partial charge in [0.15, 0.2) is 10.1 Å². The first-order chi connectivity index (χ1) is 13.6. The molecule has 0 radical (unpaired) electrons. The molecule has 0 atom stereocenters. The number of ketones is 1. The Morgan fingerprint density at radius 1 is 1.28 bits per heavy atom. The van der Waals surface area contributed by atoms with Gasteiger partial charge in [0.25, 0.3) is 0 Å². The van der Waals surface area contributed by atoms with E-state index in [4.69, 9.17) is 5.14 Å². The molecule has 0 bridgehead atoms. The lowest BCUT2D eigenvalue weighted by Crippen LogP contribution is -2.45. The number of nitrogens with zero attached hydrogens (tertiary/aromatic N) is 1. The molecule has 10 heteroatoms. The minimum atomic E-state index is -3.79. The Labute approximate surface area is 173 Å². The maximum absolute atomic E-state index is 12.9. The van der Waals surface area contributed by atoms with Crippen molar-refractivity contribution < 1.29 is 18.9 Å². The Bertz CT molecular complexity index is 1070. The summed E-state index contributed by atoms with van der Waals surface area (Å²) in [7, 11) is -3.79. The Kier molecular flexibility index (Phi) is 4.85. The molecule has 156 valence electrons. The van der Waals surface area contributed by atoms with E-state index in [0.717, 1.165) is 47.3 Å². The van der Waals surface area contributed by atoms with Gasteiger partial charge in [-0.05, 0) is 56.2 Å². The van der Waals surface area contributed by atoms with E-state index in [0.29, 0.717) is 29.0 Å². The van der Waals surface area contributed by atoms with E-state index in [1.807, 2.05) is 0 Å². The van der Waals surface area contributed by atoms with Crippen LogP contribution in [0, 0.1) is 0 Å². The third-order valence-electron chi connectivity index (χ3n) is 5.27. The van der Waals surface area contributed by atoms with E-state index < -0.39 is 21.9 Å². The van der Waals surface area contributed by atoms with Crippen LogP contribution in [0.1, 0.15) is 58.6 Å². The van der Waals surface area contributed by atoms with Crippen LogP contribution in [0.3, 0.4) is 0 Å². The highest BCUT2D eigenvalue weighted by atomic mass is 32.3. The maximum atomic E-state index is 12.9. The average Bonchev–Trinajstić information content (AvgIpc) is 3.33. The van der Waals surface area contributed by atoms with Gasteiger partial charge in [-0.15, -0.1) is 11.3 Å². The normalized spacial score (nSPS) is 16.5. The van der Waals surface area contributed by atoms with E-state index in [1.54, 1.807) is 13.8 Å². The standard InChI is InChI=1S/C19H24N4O4S2/c1-19(2,26)14-9-21-18(28-14)29(20,27)23-17(25)22-16-12-5-3-4-10(12)8-11-6-7-13(24)15(11)16/h8-9,26,29H,3-7H2,1-2H3,(H4,20,22,23,25,27). The Hall–Kier alpha value is -2.14. The van der Waals surface area contributed by atoms with Crippen LogP contribution in [0.15, 0.2) is 16.6 Å². The van der Waals surface area contributed by atoms with E-state index >= 15 is 0 Å². The number of Topliss-reactive ketones (excluding diaryl/α,β-unsaturated/α-hetero) is 1. The van der Waals surface area contributed by atoms with Crippen LogP contribution in [0.25, 0.3) is 0 Å². The van der Waals surface area contributed by atoms with Crippen LogP contribution in [0.5, 0.6) is 0 Å². The average molecular weight is 437 g/mol. The number of amides is 2. The summed E-state index contributed by atoms with van der Waals surface area (Å²) < 4.78 is 15.3. The van der Waals surface area contributed by atoms with Gasteiger partial charge in [0, 0.05) is 18.2 Å². The largest absolute Gasteiger partial charge is 0.385 e. The minimum absolute atomic E-state index is 0.00988. The molecule has 0 spiro atoms. The monoisotopic (exact) mass is 436 g/mol. The van der Waals surface area contributed by atoms with Gasteiger partial charge in [0.1, 0.15) is 0 Å². The first-order valence-corrected chi connectivity index (χ1v) is 12.0. The van der Waals surface area contributed by atoms with Crippen LogP contribution < -0.4 is 15.2 Å². The number of aryl methyl sites for hydroxylation is 2. The number of anilines is 1. The molecule has 0 unspecified atom stereocenters. The van der Waals surface area contributed by atoms with Gasteiger partial charge in [0.05, 0.1) is 26.5 Å². The fourth-order valence-electron chi connectivity index (χ4n) is 3.87. The summed E-state index contributed by atoms with van der Waals surface area (Å²) in [4.78, 5) is 29.5. The van der Waals surface area contributed by atoms with Gasteiger partial charge in [-0.25, -0.2) is 14.0 Å². The molecule has 0 saturated heterocycles. The summed E-state index contributed by atoms with van der Waals surface area (Å²) in [5, 5.41) is 18.7. The predicted molar refractivity (Wildman–Crippen MR) is 113 cm³/mol. The Morgan fingerprint density at radius 3 is 2.72 bits per heavy atom. The third kappa shape index (κ3) is 3.73. The fraction of sp³-hybridized carbons (Fsp3) is 0.421. The number of aliphatic hydroxyl groups is 1. The van der Waals surface area contributed by atoms with E-state index in [-0.39, 0.29) is 10.1 Å². The number of nitrogens with one attached hydrogen (secondary N) is 2. The highest BCUT2D eigenvalue weighted by Gasteiger charge is 2.31. The molecular weight excluding hydrogens is 412 g/mol. The van der Waals surface area contributed by atoms with Gasteiger partial charge in [-0.2, -0.15) is 0 Å². The zero-order valence-corrected chi connectivity index (χ0v) is 18.0. The smallest absolute Gasteiger partial charge is 0.330 e. The number of urea groups is 1. The summed E-state index contributed by atoms with van der Waals surface area (Å²) >= 11 is 0.990. The lowest BCUT2D eigenvalue weighted by atomic mass is 9.98. The summed E-state index contributed by atoms with van der Waals surface area (Å²) in [6.45, 7) is 3.17. The molecule has 2 amide bonds. The zero-order valence-electron chi connectivity index (χ0n) is 16.2. The molecule has 1 aromatic carbocycles. The molecular formula is C19H24N4O4S2. The molecule has 0 fully saturated rings. The summed E-state index contributed by atoms with van der Waals surface area (Å²) in [5.41, 5.74) is 3.01. The van der Waals surface area contributed by atoms with Crippen molar-refractivity contribution in [3.05, 3.63) is 39.4 Å². The molecule has 29 heavy (non-hydrogen) atoms. The van der Waals surface area contributed by atoms with Gasteiger partial charge in [-0.3, -0.25) is 14.7 Å². The Balaban J connectivity index is 1.59. The molecule has 1 heterocycles. The van der Waals surface area contributed by atoms with Gasteiger partial charge in [-0.1, -0.05) is 6.07 Å². The van der Waals surface area contributed by atoms with Crippen molar-refractivity contribution in [2.24, 2.45) is 5.14 Å². The number of nitrogens with two attached hydrogens (primary N) is 1. The second kappa shape index (κ2) is 6.98. The first-order valence-electron chi connectivity index (χ1n) is 9.44. The SMILES string of the molecule is CC(C)(O)c1cnc([SH](N)(=O)NC(=O)Nc2c3c(cc4c2C(=O)CC4)CCC3)s1. The molecule has 4 rings (SSSR count). The molecule has 2 aliphatic rings. The first kappa shape index (κ1) is 20.1. The van der Waals surface area contributed by atoms with Crippen molar-refractivity contribution in [2.75, 3.05) is 5.32 Å². The fourth-order valence-corrected chi connectivity index (χ4v) is 6.19. The van der Waals surface area contributed by atoms with E-state index in [2.05, 4.69) is 21.1 Å². The summed E-state index contributed by atoms with van der Waals surface area (Å²) in [5.74, 6) is 0.00988. The van der Waals surface area contributed by atoms with Crippen LogP contribution in [0.2, 0.25) is 0 Å². The highest BCUT2D eigenvalue weighted by molar-refractivity contribution is 8.01.